The van der Waals surface area contributed by atoms with Gasteiger partial charge in [-0.25, -0.2) is 4.79 Å². The van der Waals surface area contributed by atoms with Gasteiger partial charge in [-0.05, 0) is 25.8 Å². The molecule has 150 valence electrons. The second-order valence-electron chi connectivity index (χ2n) is 7.15. The minimum absolute atomic E-state index is 0.0359. The monoisotopic (exact) mass is 405 g/mol. The van der Waals surface area contributed by atoms with Gasteiger partial charge in [0.05, 0.1) is 21.9 Å². The first kappa shape index (κ1) is 20.2. The lowest BCUT2D eigenvalue weighted by molar-refractivity contribution is -0.386. The minimum atomic E-state index is -0.441. The number of nitrogens with one attached hydrogen (secondary N) is 2. The number of nitro groups is 1. The molecule has 28 heavy (non-hydrogen) atoms. The molecule has 3 aliphatic heterocycles. The number of urea groups is 1. The second kappa shape index (κ2) is 8.68. The van der Waals surface area contributed by atoms with Gasteiger partial charge >= 0.3 is 6.03 Å². The Morgan fingerprint density at radius 3 is 2.96 bits per heavy atom. The van der Waals surface area contributed by atoms with E-state index in [4.69, 9.17) is 0 Å². The molecule has 2 fully saturated rings. The van der Waals surface area contributed by atoms with E-state index >= 15 is 0 Å². The molecule has 0 radical (unpaired) electrons. The van der Waals surface area contributed by atoms with Gasteiger partial charge in [0, 0.05) is 23.5 Å². The lowest BCUT2D eigenvalue weighted by atomic mass is 9.92. The van der Waals surface area contributed by atoms with E-state index in [1.54, 1.807) is 12.1 Å². The van der Waals surface area contributed by atoms with Crippen LogP contribution in [-0.2, 0) is 4.79 Å². The van der Waals surface area contributed by atoms with Crippen LogP contribution >= 0.6 is 11.8 Å². The quantitative estimate of drug-likeness (QED) is 0.241. The number of aldehydes is 1. The van der Waals surface area contributed by atoms with Gasteiger partial charge < -0.3 is 15.4 Å². The van der Waals surface area contributed by atoms with Gasteiger partial charge in [-0.2, -0.15) is 11.8 Å². The van der Waals surface area contributed by atoms with E-state index in [1.165, 1.54) is 6.07 Å². The topological polar surface area (TPSA) is 126 Å². The van der Waals surface area contributed by atoms with Crippen molar-refractivity contribution < 1.29 is 14.5 Å². The average Bonchev–Trinajstić information content (AvgIpc) is 3.32. The molecule has 1 aromatic carbocycles. The Morgan fingerprint density at radius 1 is 1.39 bits per heavy atom. The summed E-state index contributed by atoms with van der Waals surface area (Å²) in [6.45, 7) is 2.41. The summed E-state index contributed by atoms with van der Waals surface area (Å²) in [5, 5.41) is 18.0. The van der Waals surface area contributed by atoms with Crippen molar-refractivity contribution in [3.63, 3.8) is 0 Å². The van der Waals surface area contributed by atoms with Crippen LogP contribution in [0.2, 0.25) is 0 Å². The number of para-hydroxylation sites is 1. The summed E-state index contributed by atoms with van der Waals surface area (Å²) in [5.41, 5.74) is -0.0365. The number of unbranched alkanes of at least 4 members (excludes halogenated alkanes) is 2. The number of thioether (sulfide) groups is 1. The Morgan fingerprint density at radius 2 is 2.21 bits per heavy atom. The van der Waals surface area contributed by atoms with E-state index in [0.29, 0.717) is 29.1 Å². The maximum atomic E-state index is 11.3. The minimum Gasteiger partial charge on any atom is -0.332 e. The zero-order valence-electron chi connectivity index (χ0n) is 15.6. The van der Waals surface area contributed by atoms with Crippen LogP contribution in [0.15, 0.2) is 28.2 Å². The lowest BCUT2D eigenvalue weighted by Gasteiger charge is -2.23. The summed E-state index contributed by atoms with van der Waals surface area (Å²) in [6.07, 6.45) is 4.75. The highest BCUT2D eigenvalue weighted by atomic mass is 32.2. The third-order valence-corrected chi connectivity index (χ3v) is 6.76. The third-order valence-electron chi connectivity index (χ3n) is 5.06. The van der Waals surface area contributed by atoms with Crippen molar-refractivity contribution in [2.75, 3.05) is 12.4 Å². The number of hydrogen-bond donors (Lipinski definition) is 2. The van der Waals surface area contributed by atoms with Crippen molar-refractivity contribution in [1.29, 1.82) is 0 Å². The van der Waals surface area contributed by atoms with Crippen LogP contribution in [0.5, 0.6) is 0 Å². The smallest absolute Gasteiger partial charge is 0.315 e. The summed E-state index contributed by atoms with van der Waals surface area (Å²) < 4.78 is 0. The Bertz CT molecular complexity index is 892. The predicted molar refractivity (Wildman–Crippen MR) is 105 cm³/mol. The van der Waals surface area contributed by atoms with Crippen molar-refractivity contribution in [1.82, 2.24) is 10.6 Å². The van der Waals surface area contributed by atoms with E-state index in [2.05, 4.69) is 27.5 Å². The van der Waals surface area contributed by atoms with Gasteiger partial charge in [0.25, 0.3) is 5.69 Å². The number of benzene rings is 1. The van der Waals surface area contributed by atoms with Gasteiger partial charge in [-0.1, -0.05) is 12.5 Å². The lowest BCUT2D eigenvalue weighted by Crippen LogP contribution is -2.47. The molecule has 0 spiro atoms. The summed E-state index contributed by atoms with van der Waals surface area (Å²) in [4.78, 5) is 39.4. The molecule has 0 aliphatic carbocycles. The fourth-order valence-corrected chi connectivity index (χ4v) is 5.35. The molecule has 9 nitrogen and oxygen atoms in total. The largest absolute Gasteiger partial charge is 0.332 e. The number of hydrogen-bond acceptors (Lipinski definition) is 7. The van der Waals surface area contributed by atoms with Gasteiger partial charge in [0.15, 0.2) is 5.36 Å². The summed E-state index contributed by atoms with van der Waals surface area (Å²) in [6, 6.07) is 4.98. The molecule has 3 aliphatic rings. The van der Waals surface area contributed by atoms with E-state index in [0.717, 1.165) is 31.3 Å². The van der Waals surface area contributed by atoms with Crippen molar-refractivity contribution in [2.24, 2.45) is 9.98 Å². The van der Waals surface area contributed by atoms with E-state index in [1.807, 2.05) is 11.8 Å². The first-order chi connectivity index (χ1) is 13.4. The second-order valence-corrected chi connectivity index (χ2v) is 8.38. The molecule has 3 heterocycles. The third kappa shape index (κ3) is 4.32. The highest BCUT2D eigenvalue weighted by molar-refractivity contribution is 8.00. The zero-order chi connectivity index (χ0) is 20.1. The summed E-state index contributed by atoms with van der Waals surface area (Å²) in [5.74, 6) is 0.981. The summed E-state index contributed by atoms with van der Waals surface area (Å²) >= 11 is 1.93. The van der Waals surface area contributed by atoms with Crippen molar-refractivity contribution in [2.45, 2.75) is 49.4 Å². The van der Waals surface area contributed by atoms with Gasteiger partial charge in [0.2, 0.25) is 0 Å². The zero-order valence-corrected chi connectivity index (χ0v) is 16.4. The van der Waals surface area contributed by atoms with Crippen molar-refractivity contribution >= 4 is 29.8 Å². The molecule has 3 atom stereocenters. The number of carbonyl (C=O) groups is 2. The van der Waals surface area contributed by atoms with Crippen LogP contribution in [0, 0.1) is 10.1 Å². The Kier molecular flexibility index (Phi) is 6.28. The molecule has 2 N–H and O–H groups in total. The standard InChI is InChI=1S/C11H18N2O2S.C7H5N3O2/c1-11-7-16-8(5-3-2-4-6-14)9(11)12-10(15)13-11;11-10(12)6-3-1-2-5-7(6)9-4-8-5/h6,8-9H,2-5,7H2,1H3,(H2,12,13,15);1-3H,4H2/t8-,9+,11-;/m0./s1. The molecule has 0 bridgehead atoms. The van der Waals surface area contributed by atoms with Crippen LogP contribution in [-0.4, -0.2) is 46.5 Å². The van der Waals surface area contributed by atoms with Crippen LogP contribution < -0.4 is 21.3 Å². The Balaban J connectivity index is 0.000000167. The van der Waals surface area contributed by atoms with Gasteiger partial charge in [0.1, 0.15) is 13.0 Å². The average molecular weight is 405 g/mol. The molecule has 0 unspecified atom stereocenters. The summed E-state index contributed by atoms with van der Waals surface area (Å²) in [7, 11) is 0. The highest BCUT2D eigenvalue weighted by Crippen LogP contribution is 2.39. The number of non-ortho nitro benzene ring substituents is 1. The number of fused-ring (bicyclic) bond motifs is 2. The first-order valence-electron chi connectivity index (χ1n) is 9.21. The number of rotatable bonds is 6. The van der Waals surface area contributed by atoms with E-state index < -0.39 is 4.92 Å². The van der Waals surface area contributed by atoms with Gasteiger partial charge in [-0.15, -0.1) is 0 Å². The number of nitro benzene ring substituents is 1. The van der Waals surface area contributed by atoms with Crippen LogP contribution in [0.25, 0.3) is 0 Å². The van der Waals surface area contributed by atoms with Crippen LogP contribution in [0.1, 0.15) is 32.6 Å². The SMILES string of the molecule is C[C@]12CS[C@@H](CCCCC=O)[C@H]1NC(=O)N2.O=[N+]([O-])c1cccc2c1=NCN=2. The molecular weight excluding hydrogens is 382 g/mol. The van der Waals surface area contributed by atoms with Gasteiger partial charge in [-0.3, -0.25) is 20.1 Å². The predicted octanol–water partition coefficient (Wildman–Crippen LogP) is 1.11. The molecule has 10 heteroatoms. The molecule has 4 rings (SSSR count). The molecular formula is C18H23N5O4S. The van der Waals surface area contributed by atoms with Crippen LogP contribution in [0.4, 0.5) is 10.5 Å². The molecule has 0 aromatic heterocycles. The normalized spacial score (nSPS) is 26.5. The molecule has 1 aromatic rings. The molecule has 2 saturated heterocycles. The maximum Gasteiger partial charge on any atom is 0.315 e. The van der Waals surface area contributed by atoms with Crippen molar-refractivity contribution in [3.8, 4) is 0 Å². The maximum absolute atomic E-state index is 11.3. The number of carbonyl (C=O) groups excluding carboxylic acids is 2. The van der Waals surface area contributed by atoms with E-state index in [-0.39, 0.29) is 23.3 Å². The molecule has 0 saturated carbocycles. The fourth-order valence-electron chi connectivity index (χ4n) is 3.64. The Labute approximate surface area is 166 Å². The first-order valence-corrected chi connectivity index (χ1v) is 10.3. The van der Waals surface area contributed by atoms with Crippen molar-refractivity contribution in [3.05, 3.63) is 39.0 Å². The highest BCUT2D eigenvalue weighted by Gasteiger charge is 2.51. The Hall–Kier alpha value is -2.49. The fraction of sp³-hybridized carbons (Fsp3) is 0.556. The number of amides is 2. The van der Waals surface area contributed by atoms with E-state index in [9.17, 15) is 19.7 Å². The number of nitrogens with zero attached hydrogens (tertiary/aromatic N) is 3. The molecule has 2 amide bonds. The van der Waals surface area contributed by atoms with Crippen LogP contribution in [0.3, 0.4) is 0 Å².